The van der Waals surface area contributed by atoms with Gasteiger partial charge in [-0.2, -0.15) is 0 Å². The summed E-state index contributed by atoms with van der Waals surface area (Å²) in [5.41, 5.74) is 9.27. The summed E-state index contributed by atoms with van der Waals surface area (Å²) < 4.78 is 1.88. The molecule has 9 nitrogen and oxygen atoms in total. The molecule has 0 bridgehead atoms. The molecule has 9 heteroatoms. The van der Waals surface area contributed by atoms with Crippen molar-refractivity contribution in [2.75, 3.05) is 30.4 Å². The fraction of sp³-hybridized carbons (Fsp3) is 0.160. The second-order valence-corrected chi connectivity index (χ2v) is 7.76. The van der Waals surface area contributed by atoms with Gasteiger partial charge in [-0.3, -0.25) is 19.0 Å². The van der Waals surface area contributed by atoms with Crippen molar-refractivity contribution in [2.45, 2.75) is 6.92 Å². The van der Waals surface area contributed by atoms with Crippen LogP contribution in [0.3, 0.4) is 0 Å². The fourth-order valence-corrected chi connectivity index (χ4v) is 4.00. The molecule has 1 aliphatic heterocycles. The van der Waals surface area contributed by atoms with E-state index in [4.69, 9.17) is 10.7 Å². The molecule has 5 rings (SSSR count). The molecule has 0 spiro atoms. The molecule has 4 aromatic rings. The summed E-state index contributed by atoms with van der Waals surface area (Å²) >= 11 is 0. The third-order valence-electron chi connectivity index (χ3n) is 5.67. The Labute approximate surface area is 195 Å². The van der Waals surface area contributed by atoms with E-state index < -0.39 is 0 Å². The molecule has 3 aromatic heterocycles. The van der Waals surface area contributed by atoms with Crippen LogP contribution in [-0.4, -0.2) is 55.7 Å². The second-order valence-electron chi connectivity index (χ2n) is 7.76. The van der Waals surface area contributed by atoms with Gasteiger partial charge in [0.05, 0.1) is 6.67 Å². The molecule has 1 fully saturated rings. The van der Waals surface area contributed by atoms with Gasteiger partial charge in [0.2, 0.25) is 11.7 Å². The number of hydrogen-bond acceptors (Lipinski definition) is 7. The number of nitrogen functional groups attached to an aromatic ring is 1. The van der Waals surface area contributed by atoms with Crippen LogP contribution in [0, 0.1) is 11.8 Å². The number of amides is 1. The number of fused-ring (bicyclic) bond motifs is 1. The summed E-state index contributed by atoms with van der Waals surface area (Å²) in [6.07, 6.45) is 5.01. The number of anilines is 2. The predicted molar refractivity (Wildman–Crippen MR) is 128 cm³/mol. The highest BCUT2D eigenvalue weighted by Gasteiger charge is 2.28. The molecule has 1 aliphatic rings. The molecule has 0 atom stereocenters. The number of rotatable bonds is 4. The lowest BCUT2D eigenvalue weighted by molar-refractivity contribution is -0.124. The number of ketones is 1. The summed E-state index contributed by atoms with van der Waals surface area (Å²) in [6, 6.07) is 12.4. The molecule has 0 radical (unpaired) electrons. The molecule has 2 N–H and O–H groups in total. The highest BCUT2D eigenvalue weighted by atomic mass is 16.2. The SMILES string of the molecule is CC#CC(=O)N1CCN(c2nc(-c3ccc(C(=O)c4ccccn4)cc3)c3c(N)nccn23)C1. The van der Waals surface area contributed by atoms with Gasteiger partial charge in [0, 0.05) is 42.8 Å². The van der Waals surface area contributed by atoms with E-state index >= 15 is 0 Å². The Kier molecular flexibility index (Phi) is 5.40. The van der Waals surface area contributed by atoms with Crippen LogP contribution in [0.15, 0.2) is 61.1 Å². The maximum atomic E-state index is 12.7. The van der Waals surface area contributed by atoms with Gasteiger partial charge < -0.3 is 15.5 Å². The average Bonchev–Trinajstić information content (AvgIpc) is 3.50. The number of imidazole rings is 1. The van der Waals surface area contributed by atoms with Crippen LogP contribution in [-0.2, 0) is 4.79 Å². The van der Waals surface area contributed by atoms with Gasteiger partial charge in [0.1, 0.15) is 22.7 Å². The first-order valence-electron chi connectivity index (χ1n) is 10.7. The number of benzene rings is 1. The molecule has 0 unspecified atom stereocenters. The largest absolute Gasteiger partial charge is 0.382 e. The van der Waals surface area contributed by atoms with Crippen molar-refractivity contribution in [1.82, 2.24) is 24.3 Å². The number of nitrogens with two attached hydrogens (primary N) is 1. The van der Waals surface area contributed by atoms with E-state index in [2.05, 4.69) is 21.8 Å². The van der Waals surface area contributed by atoms with E-state index in [0.717, 1.165) is 5.56 Å². The van der Waals surface area contributed by atoms with Crippen molar-refractivity contribution in [1.29, 1.82) is 0 Å². The minimum atomic E-state index is -0.208. The summed E-state index contributed by atoms with van der Waals surface area (Å²) in [6.45, 7) is 3.20. The summed E-state index contributed by atoms with van der Waals surface area (Å²) in [5, 5.41) is 0. The molecule has 34 heavy (non-hydrogen) atoms. The molecule has 168 valence electrons. The van der Waals surface area contributed by atoms with Gasteiger partial charge in [-0.1, -0.05) is 36.3 Å². The van der Waals surface area contributed by atoms with Crippen LogP contribution in [0.2, 0.25) is 0 Å². The first kappa shape index (κ1) is 21.2. The van der Waals surface area contributed by atoms with E-state index in [-0.39, 0.29) is 11.7 Å². The van der Waals surface area contributed by atoms with Crippen LogP contribution in [0.1, 0.15) is 23.0 Å². The topological polar surface area (TPSA) is 110 Å². The average molecular weight is 451 g/mol. The Morgan fingerprint density at radius 1 is 1.03 bits per heavy atom. The highest BCUT2D eigenvalue weighted by Crippen LogP contribution is 2.32. The highest BCUT2D eigenvalue weighted by molar-refractivity contribution is 6.08. The van der Waals surface area contributed by atoms with Gasteiger partial charge in [-0.15, -0.1) is 0 Å². The second kappa shape index (κ2) is 8.67. The summed E-state index contributed by atoms with van der Waals surface area (Å²) in [4.78, 5) is 41.8. The summed E-state index contributed by atoms with van der Waals surface area (Å²) in [5.74, 6) is 5.88. The van der Waals surface area contributed by atoms with Crippen LogP contribution in [0.25, 0.3) is 16.8 Å². The lowest BCUT2D eigenvalue weighted by Gasteiger charge is -2.17. The summed E-state index contributed by atoms with van der Waals surface area (Å²) in [7, 11) is 0. The maximum Gasteiger partial charge on any atom is 0.299 e. The fourth-order valence-electron chi connectivity index (χ4n) is 4.00. The van der Waals surface area contributed by atoms with E-state index in [1.54, 1.807) is 60.7 Å². The van der Waals surface area contributed by atoms with Crippen molar-refractivity contribution in [2.24, 2.45) is 0 Å². The monoisotopic (exact) mass is 451 g/mol. The number of aromatic nitrogens is 4. The molecule has 1 saturated heterocycles. The van der Waals surface area contributed by atoms with Gasteiger partial charge >= 0.3 is 0 Å². The minimum Gasteiger partial charge on any atom is -0.382 e. The number of nitrogens with zero attached hydrogens (tertiary/aromatic N) is 6. The predicted octanol–water partition coefficient (Wildman–Crippen LogP) is 2.23. The Hall–Kier alpha value is -4.71. The zero-order valence-electron chi connectivity index (χ0n) is 18.5. The molecule has 4 heterocycles. The Balaban J connectivity index is 1.50. The van der Waals surface area contributed by atoms with Crippen LogP contribution in [0.5, 0.6) is 0 Å². The number of pyridine rings is 1. The van der Waals surface area contributed by atoms with E-state index in [1.807, 2.05) is 21.4 Å². The Morgan fingerprint density at radius 3 is 2.59 bits per heavy atom. The normalized spacial score (nSPS) is 13.1. The molecular formula is C25H21N7O2. The van der Waals surface area contributed by atoms with Crippen molar-refractivity contribution in [3.63, 3.8) is 0 Å². The van der Waals surface area contributed by atoms with Gasteiger partial charge in [0.25, 0.3) is 5.91 Å². The quantitative estimate of drug-likeness (QED) is 0.374. The standard InChI is InChI=1S/C25H21N7O2/c1-2-5-20(33)30-14-15-31(16-30)25-29-21(22-24(26)28-12-13-32(22)25)17-7-9-18(10-8-17)23(34)19-6-3-4-11-27-19/h3-4,6-13H,14-16H2,1H3,(H2,26,28). The lowest BCUT2D eigenvalue weighted by Crippen LogP contribution is -2.30. The zero-order chi connectivity index (χ0) is 23.7. The van der Waals surface area contributed by atoms with Crippen molar-refractivity contribution in [3.8, 4) is 23.1 Å². The molecule has 0 saturated carbocycles. The number of carbonyl (C=O) groups is 2. The zero-order valence-corrected chi connectivity index (χ0v) is 18.5. The lowest BCUT2D eigenvalue weighted by atomic mass is 10.0. The van der Waals surface area contributed by atoms with E-state index in [1.165, 1.54) is 0 Å². The van der Waals surface area contributed by atoms with Crippen molar-refractivity contribution < 1.29 is 9.59 Å². The van der Waals surface area contributed by atoms with Crippen LogP contribution >= 0.6 is 0 Å². The number of carbonyl (C=O) groups excluding carboxylic acids is 2. The molecule has 0 aliphatic carbocycles. The maximum absolute atomic E-state index is 12.7. The first-order valence-corrected chi connectivity index (χ1v) is 10.7. The minimum absolute atomic E-state index is 0.152. The first-order chi connectivity index (χ1) is 16.6. The Morgan fingerprint density at radius 2 is 1.85 bits per heavy atom. The van der Waals surface area contributed by atoms with E-state index in [0.29, 0.717) is 54.0 Å². The third-order valence-corrected chi connectivity index (χ3v) is 5.67. The number of hydrogen-bond donors (Lipinski definition) is 1. The molecular weight excluding hydrogens is 430 g/mol. The third kappa shape index (κ3) is 3.71. The van der Waals surface area contributed by atoms with Gasteiger partial charge in [0.15, 0.2) is 0 Å². The Bertz CT molecular complexity index is 1450. The van der Waals surface area contributed by atoms with Gasteiger partial charge in [-0.25, -0.2) is 9.97 Å². The smallest absolute Gasteiger partial charge is 0.299 e. The van der Waals surface area contributed by atoms with Crippen LogP contribution in [0.4, 0.5) is 11.8 Å². The molecule has 1 amide bonds. The van der Waals surface area contributed by atoms with Crippen molar-refractivity contribution in [3.05, 3.63) is 72.3 Å². The van der Waals surface area contributed by atoms with E-state index in [9.17, 15) is 9.59 Å². The van der Waals surface area contributed by atoms with Gasteiger partial charge in [-0.05, 0) is 25.0 Å². The molecule has 1 aromatic carbocycles. The van der Waals surface area contributed by atoms with Crippen LogP contribution < -0.4 is 10.6 Å². The van der Waals surface area contributed by atoms with Crippen molar-refractivity contribution >= 4 is 29.0 Å².